The molecule has 0 aromatic rings. The molecule has 0 aliphatic carbocycles. The van der Waals surface area contributed by atoms with Crippen molar-refractivity contribution < 1.29 is 51.4 Å². The molecule has 0 aliphatic heterocycles. The fourth-order valence-electron chi connectivity index (χ4n) is 0.868. The van der Waals surface area contributed by atoms with Gasteiger partial charge >= 0.3 is 63.5 Å². The molecule has 0 fully saturated rings. The minimum atomic E-state index is -5.17. The Bertz CT molecular complexity index is 397. The van der Waals surface area contributed by atoms with Crippen molar-refractivity contribution in [2.24, 2.45) is 0 Å². The third-order valence-electron chi connectivity index (χ3n) is 1.50. The van der Waals surface area contributed by atoms with E-state index >= 15 is 0 Å². The van der Waals surface area contributed by atoms with Crippen molar-refractivity contribution in [2.75, 3.05) is 0 Å². The number of aliphatic hydroxyl groups is 1. The van der Waals surface area contributed by atoms with Crippen molar-refractivity contribution in [1.82, 2.24) is 0 Å². The summed E-state index contributed by atoms with van der Waals surface area (Å²) in [5, 5.41) is 26.1. The average molecular weight is 314 g/mol. The Labute approximate surface area is 133 Å². The molecule has 0 spiro atoms. The molecule has 0 aromatic carbocycles. The Hall–Kier alpha value is -0.220. The number of carbonyl (C=O) groups is 3. The van der Waals surface area contributed by atoms with Gasteiger partial charge in [0.05, 0.1) is 12.8 Å². The van der Waals surface area contributed by atoms with Crippen molar-refractivity contribution in [1.29, 1.82) is 0 Å². The van der Waals surface area contributed by atoms with E-state index in [0.717, 1.165) is 0 Å². The van der Waals surface area contributed by atoms with Gasteiger partial charge in [-0.25, -0.2) is 9.36 Å². The van der Waals surface area contributed by atoms with Crippen molar-refractivity contribution in [2.45, 2.75) is 18.4 Å². The maximum absolute atomic E-state index is 10.8. The van der Waals surface area contributed by atoms with Gasteiger partial charge in [0, 0.05) is 0 Å². The van der Waals surface area contributed by atoms with Crippen LogP contribution in [-0.2, 0) is 23.5 Å². The normalized spacial score (nSPS) is 13.9. The number of carbonyl (C=O) groups excluding carboxylic acids is 1. The van der Waals surface area contributed by atoms with Crippen LogP contribution in [0.25, 0.3) is 0 Å². The minimum absolute atomic E-state index is 0. The van der Waals surface area contributed by atoms with Gasteiger partial charge in [0.1, 0.15) is 0 Å². The second kappa shape index (κ2) is 7.39. The predicted octanol–water partition coefficient (Wildman–Crippen LogP) is -1.85. The Kier molecular flexibility index (Phi) is 8.25. The van der Waals surface area contributed by atoms with Gasteiger partial charge in [-0.1, -0.05) is 0 Å². The monoisotopic (exact) mass is 314 g/mol. The topological polar surface area (TPSA) is 179 Å². The Balaban J connectivity index is -0.000000427. The number of phosphoric acid groups is 1. The Morgan fingerprint density at radius 3 is 1.89 bits per heavy atom. The number of carboxylic acids is 2. The first-order chi connectivity index (χ1) is 7.46. The summed E-state index contributed by atoms with van der Waals surface area (Å²) in [7, 11) is -5.17. The summed E-state index contributed by atoms with van der Waals surface area (Å²) in [6, 6.07) is 0. The summed E-state index contributed by atoms with van der Waals surface area (Å²) in [6.07, 6.45) is -2.72. The molecule has 0 aromatic heterocycles. The fourth-order valence-corrected chi connectivity index (χ4v) is 1.20. The summed E-state index contributed by atoms with van der Waals surface area (Å²) in [4.78, 5) is 48.1. The van der Waals surface area contributed by atoms with E-state index in [1.807, 2.05) is 0 Å². The number of hydrogen-bond donors (Lipinski definition) is 5. The fraction of sp³-hybridized carbons (Fsp3) is 0.500. The minimum Gasteiger partial charge on any atom is -1.00 e. The molecule has 0 saturated carbocycles. The van der Waals surface area contributed by atoms with E-state index < -0.39 is 44.2 Å². The molecular formula is C6H11CaO10P. The molecule has 0 rings (SSSR count). The van der Waals surface area contributed by atoms with Gasteiger partial charge < -0.3 is 22.7 Å². The largest absolute Gasteiger partial charge is 2.00 e. The molecular weight excluding hydrogens is 303 g/mol. The molecule has 18 heavy (non-hydrogen) atoms. The van der Waals surface area contributed by atoms with Gasteiger partial charge in [0.2, 0.25) is 0 Å². The van der Waals surface area contributed by atoms with Crippen molar-refractivity contribution in [3.05, 3.63) is 0 Å². The van der Waals surface area contributed by atoms with Crippen LogP contribution < -0.4 is 0 Å². The number of phosphoric ester groups is 1. The third-order valence-corrected chi connectivity index (χ3v) is 1.94. The van der Waals surface area contributed by atoms with E-state index in [4.69, 9.17) is 20.0 Å². The molecule has 1 atom stereocenters. The van der Waals surface area contributed by atoms with E-state index in [9.17, 15) is 24.1 Å². The molecule has 0 amide bonds. The standard InChI is InChI=1S/C6H9O10P.Ca.2H/c7-3(8)1-6(12,5(10)11)2-4(9)16-17(13,14)15;;;/h12H,1-2H2,(H,7,8)(H,10,11)(H2,13,14,15);;;/q;+2;2*-1. The van der Waals surface area contributed by atoms with Crippen LogP contribution >= 0.6 is 7.82 Å². The Morgan fingerprint density at radius 1 is 1.17 bits per heavy atom. The van der Waals surface area contributed by atoms with Gasteiger partial charge in [-0.2, -0.15) is 0 Å². The molecule has 0 heterocycles. The smallest absolute Gasteiger partial charge is 1.00 e. The van der Waals surface area contributed by atoms with E-state index in [2.05, 4.69) is 4.52 Å². The van der Waals surface area contributed by atoms with Crippen LogP contribution in [0.2, 0.25) is 0 Å². The first-order valence-electron chi connectivity index (χ1n) is 3.92. The first kappa shape index (κ1) is 20.1. The third kappa shape index (κ3) is 7.98. The van der Waals surface area contributed by atoms with Gasteiger partial charge in [-0.3, -0.25) is 19.4 Å². The zero-order chi connectivity index (χ0) is 13.9. The molecule has 102 valence electrons. The van der Waals surface area contributed by atoms with Crippen LogP contribution in [-0.4, -0.2) is 86.4 Å². The second-order valence-corrected chi connectivity index (χ2v) is 4.20. The van der Waals surface area contributed by atoms with Crippen LogP contribution in [0.1, 0.15) is 15.7 Å². The van der Waals surface area contributed by atoms with Crippen LogP contribution in [0.5, 0.6) is 0 Å². The van der Waals surface area contributed by atoms with Crippen LogP contribution in [0.4, 0.5) is 0 Å². The van der Waals surface area contributed by atoms with Crippen molar-refractivity contribution in [3.63, 3.8) is 0 Å². The van der Waals surface area contributed by atoms with E-state index in [0.29, 0.717) is 0 Å². The van der Waals surface area contributed by atoms with E-state index in [1.165, 1.54) is 0 Å². The summed E-state index contributed by atoms with van der Waals surface area (Å²) >= 11 is 0. The van der Waals surface area contributed by atoms with Crippen molar-refractivity contribution in [3.8, 4) is 0 Å². The van der Waals surface area contributed by atoms with E-state index in [-0.39, 0.29) is 40.6 Å². The first-order valence-corrected chi connectivity index (χ1v) is 5.45. The zero-order valence-corrected chi connectivity index (χ0v) is 11.9. The van der Waals surface area contributed by atoms with Gasteiger partial charge in [0.25, 0.3) is 0 Å². The summed E-state index contributed by atoms with van der Waals surface area (Å²) in [5.74, 6) is -5.47. The van der Waals surface area contributed by atoms with Gasteiger partial charge in [-0.05, 0) is 0 Å². The van der Waals surface area contributed by atoms with Gasteiger partial charge in [0.15, 0.2) is 5.60 Å². The molecule has 0 saturated heterocycles. The zero-order valence-electron chi connectivity index (χ0n) is 10.8. The molecule has 0 radical (unpaired) electrons. The SMILES string of the molecule is O=C(O)CC(O)(CC(=O)OP(=O)(O)O)C(=O)O.[Ca+2].[H-].[H-]. The molecule has 0 bridgehead atoms. The Morgan fingerprint density at radius 2 is 1.61 bits per heavy atom. The quantitative estimate of drug-likeness (QED) is 0.276. The van der Waals surface area contributed by atoms with Crippen LogP contribution in [0.15, 0.2) is 0 Å². The summed E-state index contributed by atoms with van der Waals surface area (Å²) in [5.41, 5.74) is -2.99. The molecule has 1 unspecified atom stereocenters. The van der Waals surface area contributed by atoms with Gasteiger partial charge in [-0.15, -0.1) is 0 Å². The maximum Gasteiger partial charge on any atom is 2.00 e. The average Bonchev–Trinajstić information content (AvgIpc) is 1.96. The number of aliphatic carboxylic acids is 2. The predicted molar refractivity (Wildman–Crippen MR) is 55.6 cm³/mol. The molecule has 5 N–H and O–H groups in total. The summed E-state index contributed by atoms with van der Waals surface area (Å²) < 4.78 is 13.7. The molecule has 0 aliphatic rings. The number of rotatable bonds is 6. The number of hydrogen-bond acceptors (Lipinski definition) is 6. The van der Waals surface area contributed by atoms with Crippen LogP contribution in [0.3, 0.4) is 0 Å². The molecule has 10 nitrogen and oxygen atoms in total. The number of carboxylic acid groups (broad SMARTS) is 2. The van der Waals surface area contributed by atoms with Crippen molar-refractivity contribution >= 4 is 63.5 Å². The molecule has 12 heteroatoms. The maximum atomic E-state index is 10.8. The van der Waals surface area contributed by atoms with Crippen LogP contribution in [0, 0.1) is 0 Å². The second-order valence-electron chi connectivity index (χ2n) is 3.04. The van der Waals surface area contributed by atoms with E-state index in [1.54, 1.807) is 0 Å². The summed E-state index contributed by atoms with van der Waals surface area (Å²) in [6.45, 7) is 0.